The van der Waals surface area contributed by atoms with Crippen LogP contribution in [0, 0.1) is 0 Å². The highest BCUT2D eigenvalue weighted by molar-refractivity contribution is 7.18. The van der Waals surface area contributed by atoms with Gasteiger partial charge < -0.3 is 19.8 Å². The van der Waals surface area contributed by atoms with E-state index in [1.165, 1.54) is 23.3 Å². The third kappa shape index (κ3) is 4.96. The van der Waals surface area contributed by atoms with Crippen molar-refractivity contribution in [3.8, 4) is 11.5 Å². The molecular formula is C24H29N3O4S. The minimum absolute atomic E-state index is 0.0600. The molecule has 7 nitrogen and oxygen atoms in total. The first-order chi connectivity index (χ1) is 15.6. The second-order valence-corrected chi connectivity index (χ2v) is 9.13. The number of amides is 1. The van der Waals surface area contributed by atoms with E-state index in [9.17, 15) is 9.59 Å². The number of carbonyl (C=O) groups is 1. The summed E-state index contributed by atoms with van der Waals surface area (Å²) in [6.45, 7) is 0.523. The molecule has 0 saturated carbocycles. The summed E-state index contributed by atoms with van der Waals surface area (Å²) in [6, 6.07) is 5.73. The zero-order chi connectivity index (χ0) is 22.5. The number of aryl methyl sites for hydroxylation is 3. The molecular weight excluding hydrogens is 426 g/mol. The van der Waals surface area contributed by atoms with Gasteiger partial charge in [-0.2, -0.15) is 0 Å². The van der Waals surface area contributed by atoms with Crippen molar-refractivity contribution in [1.82, 2.24) is 15.3 Å². The first kappa shape index (κ1) is 22.3. The summed E-state index contributed by atoms with van der Waals surface area (Å²) >= 11 is 1.64. The molecule has 1 aromatic carbocycles. The number of nitrogens with one attached hydrogen (secondary N) is 2. The lowest BCUT2D eigenvalue weighted by molar-refractivity contribution is -0.121. The molecule has 0 atom stereocenters. The number of nitrogens with zero attached hydrogens (tertiary/aromatic N) is 1. The van der Waals surface area contributed by atoms with E-state index in [-0.39, 0.29) is 17.9 Å². The van der Waals surface area contributed by atoms with Crippen molar-refractivity contribution in [3.05, 3.63) is 50.4 Å². The van der Waals surface area contributed by atoms with Crippen molar-refractivity contribution in [2.75, 3.05) is 20.8 Å². The summed E-state index contributed by atoms with van der Waals surface area (Å²) in [5.41, 5.74) is 2.17. The summed E-state index contributed by atoms with van der Waals surface area (Å²) in [4.78, 5) is 34.7. The fourth-order valence-corrected chi connectivity index (χ4v) is 5.49. The van der Waals surface area contributed by atoms with Gasteiger partial charge in [-0.1, -0.05) is 12.5 Å². The van der Waals surface area contributed by atoms with Crippen LogP contribution in [0.15, 0.2) is 23.0 Å². The van der Waals surface area contributed by atoms with Crippen LogP contribution in [-0.2, 0) is 30.5 Å². The van der Waals surface area contributed by atoms with Gasteiger partial charge >= 0.3 is 0 Å². The number of methoxy groups -OCH3 is 2. The van der Waals surface area contributed by atoms with Gasteiger partial charge in [-0.25, -0.2) is 4.98 Å². The topological polar surface area (TPSA) is 93.3 Å². The average Bonchev–Trinajstić information content (AvgIpc) is 2.99. The van der Waals surface area contributed by atoms with Crippen LogP contribution in [0.1, 0.15) is 47.5 Å². The molecule has 4 rings (SSSR count). The van der Waals surface area contributed by atoms with E-state index < -0.39 is 0 Å². The number of benzene rings is 1. The van der Waals surface area contributed by atoms with Gasteiger partial charge in [0.15, 0.2) is 11.5 Å². The molecule has 8 heteroatoms. The van der Waals surface area contributed by atoms with Crippen LogP contribution in [-0.4, -0.2) is 36.6 Å². The van der Waals surface area contributed by atoms with Crippen LogP contribution in [0.25, 0.3) is 10.2 Å². The van der Waals surface area contributed by atoms with Crippen LogP contribution in [0.2, 0.25) is 0 Å². The zero-order valence-electron chi connectivity index (χ0n) is 18.6. The molecule has 0 bridgehead atoms. The van der Waals surface area contributed by atoms with Crippen molar-refractivity contribution in [1.29, 1.82) is 0 Å². The third-order valence-electron chi connectivity index (χ3n) is 5.90. The molecule has 0 spiro atoms. The van der Waals surface area contributed by atoms with Crippen molar-refractivity contribution in [2.45, 2.75) is 51.4 Å². The van der Waals surface area contributed by atoms with Crippen LogP contribution >= 0.6 is 11.3 Å². The van der Waals surface area contributed by atoms with E-state index in [1.54, 1.807) is 25.6 Å². The molecule has 1 aliphatic carbocycles. The van der Waals surface area contributed by atoms with Gasteiger partial charge in [0.05, 0.1) is 19.6 Å². The van der Waals surface area contributed by atoms with Crippen LogP contribution in [0.3, 0.4) is 0 Å². The standard InChI is InChI=1S/C24H29N3O4S/c1-30-17-9-8-15(14-18(17)31-2)12-13-25-21(28)11-10-20-26-23(29)22-16-6-4-3-5-7-19(16)32-24(22)27-20/h8-9,14H,3-7,10-13H2,1-2H3,(H,25,28)(H,26,27,29). The Morgan fingerprint density at radius 2 is 1.94 bits per heavy atom. The molecule has 0 unspecified atom stereocenters. The van der Waals surface area contributed by atoms with Gasteiger partial charge in [-0.3, -0.25) is 9.59 Å². The molecule has 2 aromatic heterocycles. The number of carbonyl (C=O) groups excluding carboxylic acids is 1. The first-order valence-corrected chi connectivity index (χ1v) is 11.9. The van der Waals surface area contributed by atoms with E-state index in [4.69, 9.17) is 9.47 Å². The summed E-state index contributed by atoms with van der Waals surface area (Å²) < 4.78 is 10.6. The Balaban J connectivity index is 1.32. The van der Waals surface area contributed by atoms with Gasteiger partial charge in [0, 0.05) is 24.3 Å². The van der Waals surface area contributed by atoms with Gasteiger partial charge in [0.2, 0.25) is 5.91 Å². The van der Waals surface area contributed by atoms with Crippen molar-refractivity contribution >= 4 is 27.5 Å². The highest BCUT2D eigenvalue weighted by Crippen LogP contribution is 2.33. The molecule has 2 heterocycles. The van der Waals surface area contributed by atoms with Crippen LogP contribution in [0.5, 0.6) is 11.5 Å². The molecule has 170 valence electrons. The molecule has 32 heavy (non-hydrogen) atoms. The largest absolute Gasteiger partial charge is 0.493 e. The highest BCUT2D eigenvalue weighted by atomic mass is 32.1. The molecule has 0 aliphatic heterocycles. The molecule has 3 aromatic rings. The van der Waals surface area contributed by atoms with Gasteiger partial charge in [-0.15, -0.1) is 11.3 Å². The lowest BCUT2D eigenvalue weighted by Crippen LogP contribution is -2.26. The summed E-state index contributed by atoms with van der Waals surface area (Å²) in [5.74, 6) is 1.87. The molecule has 1 aliphatic rings. The smallest absolute Gasteiger partial charge is 0.259 e. The highest BCUT2D eigenvalue weighted by Gasteiger charge is 2.19. The number of rotatable bonds is 8. The Hall–Kier alpha value is -2.87. The molecule has 0 radical (unpaired) electrons. The van der Waals surface area contributed by atoms with Gasteiger partial charge in [-0.05, 0) is 55.4 Å². The van der Waals surface area contributed by atoms with E-state index in [1.807, 2.05) is 18.2 Å². The summed E-state index contributed by atoms with van der Waals surface area (Å²) in [6.07, 6.45) is 6.90. The van der Waals surface area contributed by atoms with Crippen molar-refractivity contribution in [2.24, 2.45) is 0 Å². The lowest BCUT2D eigenvalue weighted by Gasteiger charge is -2.10. The minimum Gasteiger partial charge on any atom is -0.493 e. The number of thiophene rings is 1. The Kier molecular flexibility index (Phi) is 7.09. The lowest BCUT2D eigenvalue weighted by atomic mass is 10.1. The number of H-pyrrole nitrogens is 1. The normalized spacial score (nSPS) is 13.4. The van der Waals surface area contributed by atoms with E-state index in [0.717, 1.165) is 35.0 Å². The monoisotopic (exact) mass is 455 g/mol. The van der Waals surface area contributed by atoms with Crippen LogP contribution < -0.4 is 20.3 Å². The quantitative estimate of drug-likeness (QED) is 0.507. The fraction of sp³-hybridized carbons (Fsp3) is 0.458. The molecule has 2 N–H and O–H groups in total. The maximum absolute atomic E-state index is 12.7. The Morgan fingerprint density at radius 1 is 1.12 bits per heavy atom. The van der Waals surface area contributed by atoms with Crippen molar-refractivity contribution < 1.29 is 14.3 Å². The summed E-state index contributed by atoms with van der Waals surface area (Å²) in [5, 5.41) is 3.70. The second kappa shape index (κ2) is 10.2. The Labute approximate surface area is 191 Å². The summed E-state index contributed by atoms with van der Waals surface area (Å²) in [7, 11) is 3.21. The number of aromatic nitrogens is 2. The maximum atomic E-state index is 12.7. The Morgan fingerprint density at radius 3 is 2.75 bits per heavy atom. The van der Waals surface area contributed by atoms with Crippen molar-refractivity contribution in [3.63, 3.8) is 0 Å². The zero-order valence-corrected chi connectivity index (χ0v) is 19.4. The minimum atomic E-state index is -0.0711. The number of aromatic amines is 1. The second-order valence-electron chi connectivity index (χ2n) is 8.05. The average molecular weight is 456 g/mol. The third-order valence-corrected chi connectivity index (χ3v) is 7.08. The predicted octanol–water partition coefficient (Wildman–Crippen LogP) is 3.56. The fourth-order valence-electron chi connectivity index (χ4n) is 4.21. The first-order valence-electron chi connectivity index (χ1n) is 11.1. The van der Waals surface area contributed by atoms with Gasteiger partial charge in [0.1, 0.15) is 10.7 Å². The Bertz CT molecular complexity index is 1170. The van der Waals surface area contributed by atoms with E-state index in [2.05, 4.69) is 15.3 Å². The molecule has 0 fully saturated rings. The maximum Gasteiger partial charge on any atom is 0.259 e. The van der Waals surface area contributed by atoms with E-state index >= 15 is 0 Å². The molecule has 0 saturated heterocycles. The number of ether oxygens (including phenoxy) is 2. The predicted molar refractivity (Wildman–Crippen MR) is 126 cm³/mol. The molecule has 1 amide bonds. The number of fused-ring (bicyclic) bond motifs is 3. The van der Waals surface area contributed by atoms with Crippen LogP contribution in [0.4, 0.5) is 0 Å². The number of hydrogen-bond acceptors (Lipinski definition) is 6. The van der Waals surface area contributed by atoms with E-state index in [0.29, 0.717) is 36.7 Å². The van der Waals surface area contributed by atoms with Gasteiger partial charge in [0.25, 0.3) is 5.56 Å². The number of hydrogen-bond donors (Lipinski definition) is 2. The SMILES string of the molecule is COc1ccc(CCNC(=O)CCc2nc3sc4c(c3c(=O)[nH]2)CCCCC4)cc1OC.